The van der Waals surface area contributed by atoms with E-state index in [2.05, 4.69) is 63.1 Å². The van der Waals surface area contributed by atoms with E-state index in [1.165, 1.54) is 12.0 Å². The standard InChI is InChI=1S/C37H40N4O2/c1-6-10-25(7-2)40-17-19-41(20-18-40)36(42)24-14-16-30-31(22-24)39-34-32-28-21-23(3)13-15-29(28)37(4,5)43-35(32)27-12-9-8-11-26(27)33(34)38-30/h6-12,14,16,22-23,28-29H,1-2,13,15,17-21H2,3-5H3/b25-10+/t23-,28-,29-/m0/s1. The van der Waals surface area contributed by atoms with E-state index in [0.717, 1.165) is 70.2 Å². The number of ether oxygens (including phenoxy) is 1. The van der Waals surface area contributed by atoms with Crippen LogP contribution < -0.4 is 4.74 Å². The van der Waals surface area contributed by atoms with Crippen LogP contribution >= 0.6 is 0 Å². The van der Waals surface area contributed by atoms with Gasteiger partial charge < -0.3 is 14.5 Å². The van der Waals surface area contributed by atoms with Crippen LogP contribution in [0.25, 0.3) is 32.8 Å². The summed E-state index contributed by atoms with van der Waals surface area (Å²) < 4.78 is 6.90. The first-order chi connectivity index (χ1) is 20.8. The number of piperazine rings is 1. The number of allylic oxidation sites excluding steroid dienone is 3. The Kier molecular flexibility index (Phi) is 6.76. The number of amides is 1. The molecule has 2 fully saturated rings. The van der Waals surface area contributed by atoms with Crippen LogP contribution in [-0.2, 0) is 0 Å². The summed E-state index contributed by atoms with van der Waals surface area (Å²) in [6.45, 7) is 17.4. The predicted molar refractivity (Wildman–Crippen MR) is 174 cm³/mol. The summed E-state index contributed by atoms with van der Waals surface area (Å²) >= 11 is 0. The van der Waals surface area contributed by atoms with E-state index in [1.54, 1.807) is 6.08 Å². The molecule has 2 aliphatic heterocycles. The van der Waals surface area contributed by atoms with Crippen molar-refractivity contribution in [3.63, 3.8) is 0 Å². The molecule has 3 heterocycles. The molecule has 1 saturated heterocycles. The lowest BCUT2D eigenvalue weighted by Gasteiger charge is -2.49. The van der Waals surface area contributed by atoms with Gasteiger partial charge in [-0.1, -0.05) is 56.8 Å². The van der Waals surface area contributed by atoms with Crippen LogP contribution in [0, 0.1) is 11.8 Å². The fourth-order valence-electron chi connectivity index (χ4n) is 7.80. The van der Waals surface area contributed by atoms with Crippen LogP contribution in [0.3, 0.4) is 0 Å². The average Bonchev–Trinajstić information content (AvgIpc) is 3.02. The van der Waals surface area contributed by atoms with E-state index in [1.807, 2.05) is 35.3 Å². The molecule has 6 heteroatoms. The summed E-state index contributed by atoms with van der Waals surface area (Å²) in [6.07, 6.45) is 9.07. The van der Waals surface area contributed by atoms with Crippen LogP contribution in [-0.4, -0.2) is 57.5 Å². The first-order valence-electron chi connectivity index (χ1n) is 15.6. The van der Waals surface area contributed by atoms with Crippen LogP contribution in [0.1, 0.15) is 61.9 Å². The molecule has 7 rings (SSSR count). The Balaban J connectivity index is 1.31. The van der Waals surface area contributed by atoms with Crippen molar-refractivity contribution in [2.45, 2.75) is 51.6 Å². The van der Waals surface area contributed by atoms with Crippen molar-refractivity contribution in [1.82, 2.24) is 19.8 Å². The third-order valence-corrected chi connectivity index (χ3v) is 10.0. The highest BCUT2D eigenvalue weighted by Crippen LogP contribution is 2.56. The molecule has 0 radical (unpaired) electrons. The normalized spacial score (nSPS) is 23.5. The maximum atomic E-state index is 13.7. The van der Waals surface area contributed by atoms with Crippen molar-refractivity contribution >= 4 is 38.7 Å². The number of carbonyl (C=O) groups is 1. The van der Waals surface area contributed by atoms with Crippen LogP contribution in [0.15, 0.2) is 79.5 Å². The average molecular weight is 573 g/mol. The van der Waals surface area contributed by atoms with Gasteiger partial charge in [0.25, 0.3) is 5.91 Å². The molecule has 1 aliphatic carbocycles. The molecule has 6 nitrogen and oxygen atoms in total. The van der Waals surface area contributed by atoms with E-state index >= 15 is 0 Å². The van der Waals surface area contributed by atoms with Crippen molar-refractivity contribution in [1.29, 1.82) is 0 Å². The molecule has 0 N–H and O–H groups in total. The largest absolute Gasteiger partial charge is 0.487 e. The minimum Gasteiger partial charge on any atom is -0.487 e. The van der Waals surface area contributed by atoms with Gasteiger partial charge in [0.05, 0.1) is 22.1 Å². The highest BCUT2D eigenvalue weighted by Gasteiger charge is 2.47. The maximum absolute atomic E-state index is 13.7. The Labute approximate surface area is 253 Å². The fourth-order valence-corrected chi connectivity index (χ4v) is 7.80. The second kappa shape index (κ2) is 10.5. The predicted octanol–water partition coefficient (Wildman–Crippen LogP) is 7.64. The van der Waals surface area contributed by atoms with Crippen molar-refractivity contribution in [3.8, 4) is 5.75 Å². The Morgan fingerprint density at radius 2 is 1.67 bits per heavy atom. The number of fused-ring (bicyclic) bond motifs is 9. The van der Waals surface area contributed by atoms with Gasteiger partial charge in [0.15, 0.2) is 0 Å². The second-order valence-electron chi connectivity index (χ2n) is 13.1. The van der Waals surface area contributed by atoms with Crippen molar-refractivity contribution < 1.29 is 9.53 Å². The smallest absolute Gasteiger partial charge is 0.254 e. The van der Waals surface area contributed by atoms with Gasteiger partial charge in [-0.2, -0.15) is 0 Å². The molecule has 220 valence electrons. The van der Waals surface area contributed by atoms with Gasteiger partial charge in [-0.15, -0.1) is 0 Å². The third kappa shape index (κ3) is 4.59. The Morgan fingerprint density at radius 1 is 0.953 bits per heavy atom. The molecule has 43 heavy (non-hydrogen) atoms. The quantitative estimate of drug-likeness (QED) is 0.143. The fraction of sp³-hybridized carbons (Fsp3) is 0.378. The highest BCUT2D eigenvalue weighted by atomic mass is 16.5. The van der Waals surface area contributed by atoms with E-state index in [0.29, 0.717) is 36.4 Å². The summed E-state index contributed by atoms with van der Waals surface area (Å²) in [5, 5.41) is 2.17. The van der Waals surface area contributed by atoms with E-state index in [4.69, 9.17) is 14.7 Å². The molecule has 3 aliphatic rings. The lowest BCUT2D eigenvalue weighted by atomic mass is 9.64. The number of rotatable bonds is 4. The maximum Gasteiger partial charge on any atom is 0.254 e. The topological polar surface area (TPSA) is 58.6 Å². The highest BCUT2D eigenvalue weighted by molar-refractivity contribution is 6.11. The van der Waals surface area contributed by atoms with E-state index in [-0.39, 0.29) is 11.5 Å². The molecule has 0 unspecified atom stereocenters. The zero-order chi connectivity index (χ0) is 29.9. The number of hydrogen-bond donors (Lipinski definition) is 0. The van der Waals surface area contributed by atoms with Gasteiger partial charge in [-0.3, -0.25) is 4.79 Å². The molecule has 4 aromatic rings. The Hall–Kier alpha value is -4.19. The molecule has 1 saturated carbocycles. The zero-order valence-corrected chi connectivity index (χ0v) is 25.5. The van der Waals surface area contributed by atoms with Crippen molar-refractivity contribution in [2.24, 2.45) is 11.8 Å². The molecule has 1 amide bonds. The summed E-state index contributed by atoms with van der Waals surface area (Å²) in [6, 6.07) is 14.2. The van der Waals surface area contributed by atoms with E-state index in [9.17, 15) is 4.79 Å². The molecule has 3 aromatic carbocycles. The van der Waals surface area contributed by atoms with Crippen LogP contribution in [0.2, 0.25) is 0 Å². The van der Waals surface area contributed by atoms with Gasteiger partial charge in [0.2, 0.25) is 0 Å². The molecular weight excluding hydrogens is 532 g/mol. The first-order valence-corrected chi connectivity index (χ1v) is 15.6. The van der Waals surface area contributed by atoms with Crippen molar-refractivity contribution in [2.75, 3.05) is 26.2 Å². The van der Waals surface area contributed by atoms with Gasteiger partial charge in [-0.05, 0) is 68.9 Å². The number of hydrogen-bond acceptors (Lipinski definition) is 5. The third-order valence-electron chi connectivity index (χ3n) is 10.0. The van der Waals surface area contributed by atoms with E-state index < -0.39 is 0 Å². The molecule has 0 bridgehead atoms. The minimum absolute atomic E-state index is 0.0306. The monoisotopic (exact) mass is 572 g/mol. The molecular formula is C37H40N4O2. The molecule has 3 atom stereocenters. The second-order valence-corrected chi connectivity index (χ2v) is 13.1. The Morgan fingerprint density at radius 3 is 2.42 bits per heavy atom. The number of aromatic nitrogens is 2. The van der Waals surface area contributed by atoms with Crippen molar-refractivity contribution in [3.05, 3.63) is 90.7 Å². The van der Waals surface area contributed by atoms with Gasteiger partial charge >= 0.3 is 0 Å². The summed E-state index contributed by atoms with van der Waals surface area (Å²) in [5.41, 5.74) is 6.03. The van der Waals surface area contributed by atoms with Gasteiger partial charge in [0, 0.05) is 59.7 Å². The van der Waals surface area contributed by atoms with Gasteiger partial charge in [-0.25, -0.2) is 9.97 Å². The SMILES string of the molecule is C=C/C=C(\C=C)N1CCN(C(=O)c2ccc3nc4c(nc3c2)c2c(c3ccccc34)OC(C)(C)[C@H]3CC[C@H](C)C[C@H]23)CC1. The van der Waals surface area contributed by atoms with Gasteiger partial charge in [0.1, 0.15) is 11.4 Å². The lowest BCUT2D eigenvalue weighted by molar-refractivity contribution is -0.0115. The summed E-state index contributed by atoms with van der Waals surface area (Å²) in [5.74, 6) is 2.43. The molecule has 0 spiro atoms. The zero-order valence-electron chi connectivity index (χ0n) is 25.5. The van der Waals surface area contributed by atoms with Crippen LogP contribution in [0.5, 0.6) is 5.75 Å². The van der Waals surface area contributed by atoms with Crippen LogP contribution in [0.4, 0.5) is 0 Å². The Bertz CT molecular complexity index is 1810. The number of benzene rings is 3. The summed E-state index contributed by atoms with van der Waals surface area (Å²) in [4.78, 5) is 28.4. The first kappa shape index (κ1) is 27.6. The minimum atomic E-state index is -0.254. The number of nitrogens with zero attached hydrogens (tertiary/aromatic N) is 4. The number of carbonyl (C=O) groups excluding carboxylic acids is 1. The lowest BCUT2D eigenvalue weighted by Crippen LogP contribution is -2.48. The summed E-state index contributed by atoms with van der Waals surface area (Å²) in [7, 11) is 0. The molecule has 1 aromatic heterocycles.